The van der Waals surface area contributed by atoms with Crippen LogP contribution in [0.2, 0.25) is 0 Å². The Kier molecular flexibility index (Phi) is 56.1. The number of rotatable bonds is 63. The van der Waals surface area contributed by atoms with Gasteiger partial charge in [-0.3, -0.25) is 4.79 Å². The number of carbonyl (C=O) groups excluding carboxylic acids is 1. The van der Waals surface area contributed by atoms with E-state index in [1.54, 1.807) is 6.08 Å². The molecule has 9 N–H and O–H groups in total. The maximum Gasteiger partial charge on any atom is 0.220 e. The molecule has 2 fully saturated rings. The Morgan fingerprint density at radius 1 is 0.393 bits per heavy atom. The van der Waals surface area contributed by atoms with E-state index in [0.717, 1.165) is 44.9 Å². The van der Waals surface area contributed by atoms with E-state index >= 15 is 0 Å². The van der Waals surface area contributed by atoms with Crippen LogP contribution in [0.1, 0.15) is 341 Å². The molecule has 14 nitrogen and oxygen atoms in total. The van der Waals surface area contributed by atoms with E-state index in [-0.39, 0.29) is 18.9 Å². The van der Waals surface area contributed by atoms with Crippen molar-refractivity contribution in [1.82, 2.24) is 5.32 Å². The number of carbonyl (C=O) groups is 1. The summed E-state index contributed by atoms with van der Waals surface area (Å²) in [7, 11) is 0. The van der Waals surface area contributed by atoms with Gasteiger partial charge < -0.3 is 65.1 Å². The summed E-state index contributed by atoms with van der Waals surface area (Å²) in [6, 6.07) is -0.937. The first-order chi connectivity index (χ1) is 43.6. The van der Waals surface area contributed by atoms with Gasteiger partial charge in [0.15, 0.2) is 12.6 Å². The van der Waals surface area contributed by atoms with Crippen molar-refractivity contribution < 1.29 is 64.6 Å². The molecule has 2 rings (SSSR count). The summed E-state index contributed by atoms with van der Waals surface area (Å²) < 4.78 is 22.9. The number of ether oxygens (including phenoxy) is 4. The summed E-state index contributed by atoms with van der Waals surface area (Å²) >= 11 is 0. The number of aliphatic hydroxyl groups excluding tert-OH is 8. The van der Waals surface area contributed by atoms with Crippen LogP contribution in [0.4, 0.5) is 0 Å². The predicted octanol–water partition coefficient (Wildman–Crippen LogP) is 16.1. The van der Waals surface area contributed by atoms with Gasteiger partial charge in [0, 0.05) is 6.42 Å². The average molecular weight is 1260 g/mol. The fourth-order valence-electron chi connectivity index (χ4n) is 12.6. The highest BCUT2D eigenvalue weighted by Crippen LogP contribution is 2.30. The number of amides is 1. The van der Waals surface area contributed by atoms with Crippen LogP contribution in [0.25, 0.3) is 0 Å². The third kappa shape index (κ3) is 43.7. The third-order valence-electron chi connectivity index (χ3n) is 18.6. The zero-order valence-electron chi connectivity index (χ0n) is 57.2. The smallest absolute Gasteiger partial charge is 0.220 e. The van der Waals surface area contributed by atoms with Crippen LogP contribution < -0.4 is 5.32 Å². The standard InChI is InChI=1S/C75H141NO13/c1-3-5-7-9-11-13-15-17-19-21-23-25-27-28-29-30-31-32-33-34-35-37-38-40-42-44-46-48-50-52-54-56-58-64(79)63(62-86-74-72(85)70(83)73(66(61-78)88-74)89-75-71(84)69(82)68(81)65(60-77)87-75)76-67(80)59-57-55-53-51-49-47-45-43-41-39-36-26-24-22-20-18-16-14-12-10-8-6-4-2/h40,42,48,50,56,58,63-66,68-75,77-79,81-85H,3-39,41,43-47,49,51-55,57,59-62H2,1-2H3,(H,76,80)/b42-40+,50-48+,58-56+. The van der Waals surface area contributed by atoms with Crippen LogP contribution in [0.5, 0.6) is 0 Å². The summed E-state index contributed by atoms with van der Waals surface area (Å²) in [6.45, 7) is 2.83. The van der Waals surface area contributed by atoms with Crippen molar-refractivity contribution in [3.8, 4) is 0 Å². The van der Waals surface area contributed by atoms with E-state index in [9.17, 15) is 45.6 Å². The zero-order chi connectivity index (χ0) is 64.5. The van der Waals surface area contributed by atoms with Crippen LogP contribution in [-0.2, 0) is 23.7 Å². The lowest BCUT2D eigenvalue weighted by Gasteiger charge is -2.46. The molecule has 0 bridgehead atoms. The molecule has 2 heterocycles. The van der Waals surface area contributed by atoms with Crippen molar-refractivity contribution in [3.05, 3.63) is 36.5 Å². The first-order valence-corrected chi connectivity index (χ1v) is 37.7. The number of hydrogen-bond donors (Lipinski definition) is 9. The van der Waals surface area contributed by atoms with Gasteiger partial charge >= 0.3 is 0 Å². The molecule has 0 radical (unpaired) electrons. The average Bonchev–Trinajstić information content (AvgIpc) is 3.35. The second-order valence-electron chi connectivity index (χ2n) is 26.8. The van der Waals surface area contributed by atoms with E-state index < -0.39 is 86.8 Å². The molecule has 2 aliphatic heterocycles. The van der Waals surface area contributed by atoms with Crippen LogP contribution in [-0.4, -0.2) is 140 Å². The van der Waals surface area contributed by atoms with Crippen molar-refractivity contribution in [2.45, 2.75) is 415 Å². The molecule has 0 aromatic rings. The highest BCUT2D eigenvalue weighted by molar-refractivity contribution is 5.76. The van der Waals surface area contributed by atoms with Crippen molar-refractivity contribution in [1.29, 1.82) is 0 Å². The lowest BCUT2D eigenvalue weighted by molar-refractivity contribution is -0.359. The Labute approximate surface area is 544 Å². The van der Waals surface area contributed by atoms with Crippen LogP contribution in [0.15, 0.2) is 36.5 Å². The van der Waals surface area contributed by atoms with Crippen molar-refractivity contribution in [3.63, 3.8) is 0 Å². The molecule has 12 atom stereocenters. The number of nitrogens with one attached hydrogen (secondary N) is 1. The van der Waals surface area contributed by atoms with Gasteiger partial charge in [-0.25, -0.2) is 0 Å². The minimum Gasteiger partial charge on any atom is -0.394 e. The molecule has 2 saturated heterocycles. The minimum absolute atomic E-state index is 0.246. The van der Waals surface area contributed by atoms with Gasteiger partial charge in [0.05, 0.1) is 32.0 Å². The topological polar surface area (TPSA) is 228 Å². The Balaban J connectivity index is 1.67. The molecular formula is C75H141NO13. The van der Waals surface area contributed by atoms with E-state index in [2.05, 4.69) is 43.5 Å². The maximum absolute atomic E-state index is 13.3. The van der Waals surface area contributed by atoms with Gasteiger partial charge in [0.25, 0.3) is 0 Å². The molecule has 14 heteroatoms. The summed E-state index contributed by atoms with van der Waals surface area (Å²) in [4.78, 5) is 13.3. The van der Waals surface area contributed by atoms with E-state index in [1.165, 1.54) is 263 Å². The summed E-state index contributed by atoms with van der Waals surface area (Å²) in [6.07, 6.45) is 60.8. The first kappa shape index (κ1) is 83.3. The molecule has 0 aliphatic carbocycles. The first-order valence-electron chi connectivity index (χ1n) is 37.7. The fourth-order valence-corrected chi connectivity index (χ4v) is 12.6. The Morgan fingerprint density at radius 2 is 0.719 bits per heavy atom. The summed E-state index contributed by atoms with van der Waals surface area (Å²) in [5, 5.41) is 87.5. The molecule has 0 saturated carbocycles. The van der Waals surface area contributed by atoms with E-state index in [0.29, 0.717) is 12.8 Å². The Hall–Kier alpha value is -1.79. The lowest BCUT2D eigenvalue weighted by Crippen LogP contribution is -2.65. The van der Waals surface area contributed by atoms with Crippen molar-refractivity contribution in [2.24, 2.45) is 0 Å². The molecule has 12 unspecified atom stereocenters. The van der Waals surface area contributed by atoms with Gasteiger partial charge in [0.1, 0.15) is 48.8 Å². The maximum atomic E-state index is 13.3. The Bertz CT molecular complexity index is 1630. The molecule has 2 aliphatic rings. The second-order valence-corrected chi connectivity index (χ2v) is 26.8. The molecule has 89 heavy (non-hydrogen) atoms. The van der Waals surface area contributed by atoms with Crippen LogP contribution >= 0.6 is 0 Å². The normalized spacial score (nSPS) is 23.2. The van der Waals surface area contributed by atoms with Crippen LogP contribution in [0.3, 0.4) is 0 Å². The van der Waals surface area contributed by atoms with Crippen molar-refractivity contribution >= 4 is 5.91 Å². The highest BCUT2D eigenvalue weighted by atomic mass is 16.7. The number of allylic oxidation sites excluding steroid dienone is 5. The van der Waals surface area contributed by atoms with Gasteiger partial charge in [-0.1, -0.05) is 326 Å². The van der Waals surface area contributed by atoms with Gasteiger partial charge in [-0.2, -0.15) is 0 Å². The van der Waals surface area contributed by atoms with Crippen molar-refractivity contribution in [2.75, 3.05) is 19.8 Å². The van der Waals surface area contributed by atoms with Crippen LogP contribution in [0, 0.1) is 0 Å². The highest BCUT2D eigenvalue weighted by Gasteiger charge is 2.51. The summed E-state index contributed by atoms with van der Waals surface area (Å²) in [5.74, 6) is -0.246. The van der Waals surface area contributed by atoms with Gasteiger partial charge in [-0.15, -0.1) is 0 Å². The van der Waals surface area contributed by atoms with Gasteiger partial charge in [-0.05, 0) is 44.9 Å². The lowest BCUT2D eigenvalue weighted by atomic mass is 9.97. The predicted molar refractivity (Wildman–Crippen MR) is 365 cm³/mol. The SMILES string of the molecule is CCCCCCCCCCCCCCCCCCCCCCCC/C=C/CC/C=C/CC/C=C/C(O)C(COC1OC(CO)C(OC2OC(CO)C(O)C(O)C2O)C(O)C1O)NC(=O)CCCCCCCCCCCCCCCCCCCCCCCCC. The monoisotopic (exact) mass is 1260 g/mol. The number of aliphatic hydroxyl groups is 8. The third-order valence-corrected chi connectivity index (χ3v) is 18.6. The molecule has 524 valence electrons. The molecule has 1 amide bonds. The molecule has 0 aromatic heterocycles. The molecule has 0 spiro atoms. The largest absolute Gasteiger partial charge is 0.394 e. The van der Waals surface area contributed by atoms with Gasteiger partial charge in [0.2, 0.25) is 5.91 Å². The quantitative estimate of drug-likeness (QED) is 0.0204. The minimum atomic E-state index is -1.79. The van der Waals surface area contributed by atoms with E-state index in [4.69, 9.17) is 18.9 Å². The summed E-state index contributed by atoms with van der Waals surface area (Å²) in [5.41, 5.74) is 0. The fraction of sp³-hybridized carbons (Fsp3) is 0.907. The second kappa shape index (κ2) is 59.9. The number of unbranched alkanes of at least 4 members (excludes halogenated alkanes) is 46. The molecular weight excluding hydrogens is 1120 g/mol. The zero-order valence-corrected chi connectivity index (χ0v) is 57.2. The van der Waals surface area contributed by atoms with E-state index in [1.807, 2.05) is 6.08 Å². The Morgan fingerprint density at radius 3 is 1.10 bits per heavy atom. The number of hydrogen-bond acceptors (Lipinski definition) is 13. The molecule has 0 aromatic carbocycles.